The van der Waals surface area contributed by atoms with Gasteiger partial charge in [-0.2, -0.15) is 0 Å². The summed E-state index contributed by atoms with van der Waals surface area (Å²) in [5, 5.41) is 2.96. The van der Waals surface area contributed by atoms with Crippen molar-refractivity contribution in [3.8, 4) is 5.75 Å². The van der Waals surface area contributed by atoms with Crippen LogP contribution in [0.5, 0.6) is 5.75 Å². The molecule has 0 aliphatic heterocycles. The summed E-state index contributed by atoms with van der Waals surface area (Å²) in [6.45, 7) is 1.62. The molecule has 2 aromatic carbocycles. The van der Waals surface area contributed by atoms with Crippen molar-refractivity contribution in [1.29, 1.82) is 0 Å². The first-order valence-corrected chi connectivity index (χ1v) is 8.18. The van der Waals surface area contributed by atoms with Crippen molar-refractivity contribution >= 4 is 45.1 Å². The van der Waals surface area contributed by atoms with Crippen LogP contribution in [0.3, 0.4) is 0 Å². The maximum atomic E-state index is 12.3. The number of nitrogens with one attached hydrogen (secondary N) is 1. The van der Waals surface area contributed by atoms with Gasteiger partial charge in [0.05, 0.1) is 23.4 Å². The number of benzene rings is 2. The van der Waals surface area contributed by atoms with E-state index in [0.29, 0.717) is 22.0 Å². The molecule has 1 atom stereocenters. The Morgan fingerprint density at radius 1 is 1.17 bits per heavy atom. The van der Waals surface area contributed by atoms with Gasteiger partial charge in [0.1, 0.15) is 5.75 Å². The molecule has 0 aliphatic rings. The van der Waals surface area contributed by atoms with Crippen LogP contribution in [0.4, 0.5) is 5.69 Å². The summed E-state index contributed by atoms with van der Waals surface area (Å²) in [6, 6.07) is 11.6. The Bertz CT molecular complexity index is 749. The Kier molecular flexibility index (Phi) is 6.23. The molecular weight excluding hydrogens is 398 g/mol. The molecule has 24 heavy (non-hydrogen) atoms. The number of rotatable bonds is 5. The summed E-state index contributed by atoms with van der Waals surface area (Å²) >= 11 is 9.39. The molecular formula is C17H15BrClNO4. The van der Waals surface area contributed by atoms with E-state index in [1.54, 1.807) is 19.1 Å². The predicted octanol–water partition coefficient (Wildman–Crippen LogP) is 4.30. The molecule has 0 radical (unpaired) electrons. The van der Waals surface area contributed by atoms with Gasteiger partial charge in [-0.3, -0.25) is 4.79 Å². The average molecular weight is 413 g/mol. The van der Waals surface area contributed by atoms with Gasteiger partial charge in [-0.15, -0.1) is 0 Å². The van der Waals surface area contributed by atoms with Crippen molar-refractivity contribution < 1.29 is 19.1 Å². The van der Waals surface area contributed by atoms with E-state index in [1.165, 1.54) is 25.3 Å². The van der Waals surface area contributed by atoms with Crippen LogP contribution in [0.25, 0.3) is 0 Å². The fourth-order valence-electron chi connectivity index (χ4n) is 1.87. The summed E-state index contributed by atoms with van der Waals surface area (Å²) < 4.78 is 11.1. The van der Waals surface area contributed by atoms with Crippen LogP contribution < -0.4 is 10.1 Å². The van der Waals surface area contributed by atoms with Gasteiger partial charge in [-0.25, -0.2) is 4.79 Å². The largest absolute Gasteiger partial charge is 0.481 e. The Balaban J connectivity index is 2.08. The van der Waals surface area contributed by atoms with Crippen LogP contribution in [0.2, 0.25) is 5.02 Å². The Morgan fingerprint density at radius 3 is 2.46 bits per heavy atom. The van der Waals surface area contributed by atoms with Crippen molar-refractivity contribution in [2.24, 2.45) is 0 Å². The van der Waals surface area contributed by atoms with Crippen LogP contribution >= 0.6 is 27.5 Å². The Labute approximate surface area is 153 Å². The molecule has 0 aromatic heterocycles. The predicted molar refractivity (Wildman–Crippen MR) is 95.7 cm³/mol. The van der Waals surface area contributed by atoms with Crippen molar-refractivity contribution in [3.05, 3.63) is 57.5 Å². The highest BCUT2D eigenvalue weighted by Crippen LogP contribution is 2.24. The summed E-state index contributed by atoms with van der Waals surface area (Å²) in [4.78, 5) is 23.8. The van der Waals surface area contributed by atoms with Gasteiger partial charge in [-0.1, -0.05) is 27.5 Å². The quantitative estimate of drug-likeness (QED) is 0.744. The molecule has 0 bridgehead atoms. The highest BCUT2D eigenvalue weighted by atomic mass is 79.9. The van der Waals surface area contributed by atoms with Crippen LogP contribution in [0, 0.1) is 0 Å². The molecule has 1 amide bonds. The maximum absolute atomic E-state index is 12.3. The number of amides is 1. The molecule has 1 N–H and O–H groups in total. The number of carbonyl (C=O) groups excluding carboxylic acids is 2. The fourth-order valence-corrected chi connectivity index (χ4v) is 2.30. The molecule has 7 heteroatoms. The van der Waals surface area contributed by atoms with E-state index < -0.39 is 12.1 Å². The second-order valence-corrected chi connectivity index (χ2v) is 6.21. The van der Waals surface area contributed by atoms with E-state index in [-0.39, 0.29) is 5.91 Å². The lowest BCUT2D eigenvalue weighted by molar-refractivity contribution is -0.122. The monoisotopic (exact) mass is 411 g/mol. The number of methoxy groups -OCH3 is 1. The standard InChI is InChI=1S/C17H15BrClNO4/c1-10(24-13-6-4-12(18)5-7-13)16(21)20-15-9-11(17(22)23-2)3-8-14(15)19/h3-10H,1-2H3,(H,20,21). The van der Waals surface area contributed by atoms with Gasteiger partial charge in [0.25, 0.3) is 5.91 Å². The lowest BCUT2D eigenvalue weighted by Gasteiger charge is -2.15. The summed E-state index contributed by atoms with van der Waals surface area (Å²) in [6.07, 6.45) is -0.746. The van der Waals surface area contributed by atoms with E-state index >= 15 is 0 Å². The Hall–Kier alpha value is -2.05. The number of esters is 1. The summed E-state index contributed by atoms with van der Waals surface area (Å²) in [7, 11) is 1.28. The fraction of sp³-hybridized carbons (Fsp3) is 0.176. The zero-order valence-corrected chi connectivity index (χ0v) is 15.3. The summed E-state index contributed by atoms with van der Waals surface area (Å²) in [5.74, 6) is -0.335. The van der Waals surface area contributed by atoms with Crippen LogP contribution in [-0.2, 0) is 9.53 Å². The Morgan fingerprint density at radius 2 is 1.83 bits per heavy atom. The third-order valence-corrected chi connectivity index (χ3v) is 4.00. The minimum atomic E-state index is -0.746. The summed E-state index contributed by atoms with van der Waals surface area (Å²) in [5.41, 5.74) is 0.606. The second-order valence-electron chi connectivity index (χ2n) is 4.89. The van der Waals surface area contributed by atoms with Crippen LogP contribution in [0.1, 0.15) is 17.3 Å². The number of hydrogen-bond donors (Lipinski definition) is 1. The molecule has 126 valence electrons. The number of halogens is 2. The SMILES string of the molecule is COC(=O)c1ccc(Cl)c(NC(=O)C(C)Oc2ccc(Br)cc2)c1. The molecule has 0 saturated heterocycles. The zero-order valence-electron chi connectivity index (χ0n) is 13.0. The molecule has 0 heterocycles. The minimum absolute atomic E-state index is 0.290. The van der Waals surface area contributed by atoms with E-state index in [2.05, 4.69) is 26.0 Å². The third-order valence-electron chi connectivity index (χ3n) is 3.14. The van der Waals surface area contributed by atoms with Crippen LogP contribution in [-0.4, -0.2) is 25.1 Å². The lowest BCUT2D eigenvalue weighted by Crippen LogP contribution is -2.30. The molecule has 1 unspecified atom stereocenters. The third kappa shape index (κ3) is 4.72. The highest BCUT2D eigenvalue weighted by Gasteiger charge is 2.17. The first-order chi connectivity index (χ1) is 11.4. The highest BCUT2D eigenvalue weighted by molar-refractivity contribution is 9.10. The lowest BCUT2D eigenvalue weighted by atomic mass is 10.2. The number of ether oxygens (including phenoxy) is 2. The molecule has 0 spiro atoms. The van der Waals surface area contributed by atoms with Crippen molar-refractivity contribution in [1.82, 2.24) is 0 Å². The van der Waals surface area contributed by atoms with E-state index in [0.717, 1.165) is 4.47 Å². The van der Waals surface area contributed by atoms with E-state index in [1.807, 2.05) is 12.1 Å². The number of carbonyl (C=O) groups is 2. The van der Waals surface area contributed by atoms with Gasteiger partial charge >= 0.3 is 5.97 Å². The van der Waals surface area contributed by atoms with Crippen molar-refractivity contribution in [3.63, 3.8) is 0 Å². The van der Waals surface area contributed by atoms with E-state index in [4.69, 9.17) is 16.3 Å². The van der Waals surface area contributed by atoms with Gasteiger partial charge in [0, 0.05) is 4.47 Å². The zero-order chi connectivity index (χ0) is 17.7. The maximum Gasteiger partial charge on any atom is 0.337 e. The van der Waals surface area contributed by atoms with Crippen molar-refractivity contribution in [2.45, 2.75) is 13.0 Å². The average Bonchev–Trinajstić information content (AvgIpc) is 2.58. The number of anilines is 1. The van der Waals surface area contributed by atoms with Crippen LogP contribution in [0.15, 0.2) is 46.9 Å². The van der Waals surface area contributed by atoms with Crippen molar-refractivity contribution in [2.75, 3.05) is 12.4 Å². The topological polar surface area (TPSA) is 64.6 Å². The normalized spacial score (nSPS) is 11.5. The van der Waals surface area contributed by atoms with Gasteiger partial charge in [0.2, 0.25) is 0 Å². The molecule has 0 saturated carbocycles. The molecule has 0 fully saturated rings. The molecule has 0 aliphatic carbocycles. The second kappa shape index (κ2) is 8.17. The molecule has 2 rings (SSSR count). The van der Waals surface area contributed by atoms with Gasteiger partial charge in [0.15, 0.2) is 6.10 Å². The molecule has 5 nitrogen and oxygen atoms in total. The first kappa shape index (κ1) is 18.3. The number of hydrogen-bond acceptors (Lipinski definition) is 4. The van der Waals surface area contributed by atoms with E-state index in [9.17, 15) is 9.59 Å². The molecule has 2 aromatic rings. The van der Waals surface area contributed by atoms with Gasteiger partial charge in [-0.05, 0) is 49.4 Å². The smallest absolute Gasteiger partial charge is 0.337 e. The van der Waals surface area contributed by atoms with Gasteiger partial charge < -0.3 is 14.8 Å². The minimum Gasteiger partial charge on any atom is -0.481 e. The first-order valence-electron chi connectivity index (χ1n) is 7.01.